The standard InChI is InChI=1S/C25H34N2O2/c28-24(26-20-18-22-12-6-4-7-13-22)16-10-2-1-3-11-17-25(29)27-21-19-23-14-8-5-9-15-23/h4-9,12-15H,1-3,10-11,16-21H2,(H,26,28)(H,27,29). The lowest BCUT2D eigenvalue weighted by Crippen LogP contribution is -2.25. The van der Waals surface area contributed by atoms with E-state index in [1.807, 2.05) is 36.4 Å². The Bertz CT molecular complexity index is 640. The van der Waals surface area contributed by atoms with Crippen LogP contribution in [0.25, 0.3) is 0 Å². The van der Waals surface area contributed by atoms with Gasteiger partial charge < -0.3 is 10.6 Å². The van der Waals surface area contributed by atoms with E-state index < -0.39 is 0 Å². The highest BCUT2D eigenvalue weighted by Gasteiger charge is 2.03. The Morgan fingerprint density at radius 3 is 1.34 bits per heavy atom. The number of hydrogen-bond acceptors (Lipinski definition) is 2. The van der Waals surface area contributed by atoms with Crippen molar-refractivity contribution in [1.29, 1.82) is 0 Å². The minimum atomic E-state index is 0.138. The Labute approximate surface area is 175 Å². The molecule has 0 heterocycles. The lowest BCUT2D eigenvalue weighted by atomic mass is 10.1. The van der Waals surface area contributed by atoms with Gasteiger partial charge in [0.2, 0.25) is 11.8 Å². The van der Waals surface area contributed by atoms with Crippen molar-refractivity contribution in [2.75, 3.05) is 13.1 Å². The van der Waals surface area contributed by atoms with Gasteiger partial charge in [-0.05, 0) is 36.8 Å². The Morgan fingerprint density at radius 2 is 0.931 bits per heavy atom. The number of carbonyl (C=O) groups excluding carboxylic acids is 2. The minimum Gasteiger partial charge on any atom is -0.356 e. The van der Waals surface area contributed by atoms with E-state index in [9.17, 15) is 9.59 Å². The van der Waals surface area contributed by atoms with Crippen LogP contribution in [0.15, 0.2) is 60.7 Å². The molecule has 0 atom stereocenters. The summed E-state index contributed by atoms with van der Waals surface area (Å²) in [6, 6.07) is 20.4. The molecular weight excluding hydrogens is 360 g/mol. The fraction of sp³-hybridized carbons (Fsp3) is 0.440. The highest BCUT2D eigenvalue weighted by Crippen LogP contribution is 2.07. The van der Waals surface area contributed by atoms with Crippen molar-refractivity contribution in [3.63, 3.8) is 0 Å². The average Bonchev–Trinajstić information content (AvgIpc) is 2.74. The molecular formula is C25H34N2O2. The van der Waals surface area contributed by atoms with Crippen molar-refractivity contribution in [2.24, 2.45) is 0 Å². The molecule has 0 aliphatic heterocycles. The van der Waals surface area contributed by atoms with E-state index >= 15 is 0 Å². The second-order valence-electron chi connectivity index (χ2n) is 7.44. The second kappa shape index (κ2) is 14.4. The molecule has 0 aromatic heterocycles. The van der Waals surface area contributed by atoms with Crippen LogP contribution in [0.4, 0.5) is 0 Å². The van der Waals surface area contributed by atoms with Crippen LogP contribution in [0.2, 0.25) is 0 Å². The van der Waals surface area contributed by atoms with E-state index in [1.165, 1.54) is 11.1 Å². The van der Waals surface area contributed by atoms with Gasteiger partial charge in [0, 0.05) is 25.9 Å². The summed E-state index contributed by atoms with van der Waals surface area (Å²) >= 11 is 0. The summed E-state index contributed by atoms with van der Waals surface area (Å²) in [6.07, 6.45) is 7.93. The maximum absolute atomic E-state index is 11.9. The van der Waals surface area contributed by atoms with Gasteiger partial charge in [-0.1, -0.05) is 79.9 Å². The molecule has 4 heteroatoms. The topological polar surface area (TPSA) is 58.2 Å². The summed E-state index contributed by atoms with van der Waals surface area (Å²) in [5.41, 5.74) is 2.49. The number of rotatable bonds is 14. The molecule has 2 aromatic rings. The SMILES string of the molecule is O=C(CCCCCCCC(=O)NCCc1ccccc1)NCCc1ccccc1. The van der Waals surface area contributed by atoms with Crippen LogP contribution in [0, 0.1) is 0 Å². The molecule has 29 heavy (non-hydrogen) atoms. The lowest BCUT2D eigenvalue weighted by Gasteiger charge is -2.06. The van der Waals surface area contributed by atoms with Gasteiger partial charge in [0.1, 0.15) is 0 Å². The zero-order valence-electron chi connectivity index (χ0n) is 17.4. The first-order chi connectivity index (χ1) is 14.2. The van der Waals surface area contributed by atoms with E-state index in [0.717, 1.165) is 44.9 Å². The van der Waals surface area contributed by atoms with Crippen LogP contribution in [0.5, 0.6) is 0 Å². The predicted molar refractivity (Wildman–Crippen MR) is 119 cm³/mol. The number of unbranched alkanes of at least 4 members (excludes halogenated alkanes) is 4. The molecule has 0 aliphatic carbocycles. The van der Waals surface area contributed by atoms with Gasteiger partial charge in [0.15, 0.2) is 0 Å². The normalized spacial score (nSPS) is 10.5. The fourth-order valence-electron chi connectivity index (χ4n) is 3.26. The number of benzene rings is 2. The molecule has 0 spiro atoms. The van der Waals surface area contributed by atoms with Gasteiger partial charge >= 0.3 is 0 Å². The summed E-state index contributed by atoms with van der Waals surface area (Å²) in [6.45, 7) is 1.39. The Balaban J connectivity index is 1.37. The Hall–Kier alpha value is -2.62. The summed E-state index contributed by atoms with van der Waals surface area (Å²) in [5.74, 6) is 0.275. The van der Waals surface area contributed by atoms with E-state index in [4.69, 9.17) is 0 Å². The van der Waals surface area contributed by atoms with Gasteiger partial charge in [0.25, 0.3) is 0 Å². The highest BCUT2D eigenvalue weighted by molar-refractivity contribution is 5.76. The third-order valence-electron chi connectivity index (χ3n) is 4.97. The molecule has 0 bridgehead atoms. The quantitative estimate of drug-likeness (QED) is 0.466. The smallest absolute Gasteiger partial charge is 0.220 e. The monoisotopic (exact) mass is 394 g/mol. The number of carbonyl (C=O) groups is 2. The highest BCUT2D eigenvalue weighted by atomic mass is 16.2. The van der Waals surface area contributed by atoms with Gasteiger partial charge in [-0.15, -0.1) is 0 Å². The first-order valence-electron chi connectivity index (χ1n) is 10.9. The summed E-state index contributed by atoms with van der Waals surface area (Å²) in [4.78, 5) is 23.7. The van der Waals surface area contributed by atoms with Crippen molar-refractivity contribution in [3.8, 4) is 0 Å². The van der Waals surface area contributed by atoms with E-state index in [-0.39, 0.29) is 11.8 Å². The zero-order valence-corrected chi connectivity index (χ0v) is 17.4. The first-order valence-corrected chi connectivity index (χ1v) is 10.9. The van der Waals surface area contributed by atoms with Crippen molar-refractivity contribution in [1.82, 2.24) is 10.6 Å². The molecule has 2 amide bonds. The van der Waals surface area contributed by atoms with Crippen LogP contribution >= 0.6 is 0 Å². The van der Waals surface area contributed by atoms with Gasteiger partial charge in [-0.25, -0.2) is 0 Å². The van der Waals surface area contributed by atoms with Crippen molar-refractivity contribution < 1.29 is 9.59 Å². The molecule has 4 nitrogen and oxygen atoms in total. The largest absolute Gasteiger partial charge is 0.356 e. The zero-order chi connectivity index (χ0) is 20.6. The number of nitrogens with one attached hydrogen (secondary N) is 2. The van der Waals surface area contributed by atoms with Crippen LogP contribution in [-0.4, -0.2) is 24.9 Å². The molecule has 156 valence electrons. The molecule has 0 fully saturated rings. The van der Waals surface area contributed by atoms with E-state index in [1.54, 1.807) is 0 Å². The number of hydrogen-bond donors (Lipinski definition) is 2. The van der Waals surface area contributed by atoms with Gasteiger partial charge in [-0.2, -0.15) is 0 Å². The van der Waals surface area contributed by atoms with Gasteiger partial charge in [0.05, 0.1) is 0 Å². The maximum atomic E-state index is 11.9. The second-order valence-corrected chi connectivity index (χ2v) is 7.44. The molecule has 0 saturated heterocycles. The molecule has 0 unspecified atom stereocenters. The summed E-state index contributed by atoms with van der Waals surface area (Å²) < 4.78 is 0. The Morgan fingerprint density at radius 1 is 0.552 bits per heavy atom. The third-order valence-corrected chi connectivity index (χ3v) is 4.97. The molecule has 2 aromatic carbocycles. The van der Waals surface area contributed by atoms with Crippen LogP contribution < -0.4 is 10.6 Å². The minimum absolute atomic E-state index is 0.138. The van der Waals surface area contributed by atoms with E-state index in [0.29, 0.717) is 25.9 Å². The fourth-order valence-corrected chi connectivity index (χ4v) is 3.26. The lowest BCUT2D eigenvalue weighted by molar-refractivity contribution is -0.121. The predicted octanol–water partition coefficient (Wildman–Crippen LogP) is 4.43. The van der Waals surface area contributed by atoms with Crippen LogP contribution in [0.1, 0.15) is 56.1 Å². The van der Waals surface area contributed by atoms with Crippen molar-refractivity contribution in [3.05, 3.63) is 71.8 Å². The number of amides is 2. The van der Waals surface area contributed by atoms with Crippen LogP contribution in [-0.2, 0) is 22.4 Å². The van der Waals surface area contributed by atoms with E-state index in [2.05, 4.69) is 34.9 Å². The molecule has 2 N–H and O–H groups in total. The molecule has 2 rings (SSSR count). The first kappa shape index (κ1) is 22.7. The van der Waals surface area contributed by atoms with Crippen molar-refractivity contribution in [2.45, 2.75) is 57.8 Å². The summed E-state index contributed by atoms with van der Waals surface area (Å²) in [5, 5.41) is 5.98. The van der Waals surface area contributed by atoms with Crippen LogP contribution in [0.3, 0.4) is 0 Å². The third kappa shape index (κ3) is 11.1. The maximum Gasteiger partial charge on any atom is 0.220 e. The average molecular weight is 395 g/mol. The summed E-state index contributed by atoms with van der Waals surface area (Å²) in [7, 11) is 0. The molecule has 0 saturated carbocycles. The Kier molecular flexibility index (Phi) is 11.2. The molecule has 0 aliphatic rings. The van der Waals surface area contributed by atoms with Crippen molar-refractivity contribution >= 4 is 11.8 Å². The molecule has 0 radical (unpaired) electrons. The van der Waals surface area contributed by atoms with Gasteiger partial charge in [-0.3, -0.25) is 9.59 Å².